The lowest BCUT2D eigenvalue weighted by Crippen LogP contribution is -2.26. The summed E-state index contributed by atoms with van der Waals surface area (Å²) in [6, 6.07) is 11.1. The maximum atomic E-state index is 11.9. The number of carbonyl (C=O) groups excluding carboxylic acids is 1. The number of hydrogen-bond acceptors (Lipinski definition) is 5. The minimum atomic E-state index is -0.0290. The number of thiazole rings is 1. The number of hydrogen-bond donors (Lipinski definition) is 1. The van der Waals surface area contributed by atoms with E-state index in [2.05, 4.69) is 20.7 Å². The van der Waals surface area contributed by atoms with Gasteiger partial charge in [0.15, 0.2) is 0 Å². The highest BCUT2D eigenvalue weighted by Gasteiger charge is 2.06. The number of ether oxygens (including phenoxy) is 1. The van der Waals surface area contributed by atoms with E-state index in [1.165, 1.54) is 0 Å². The Kier molecular flexibility index (Phi) is 7.19. The molecule has 0 aliphatic rings. The predicted octanol–water partition coefficient (Wildman–Crippen LogP) is 4.38. The zero-order chi connectivity index (χ0) is 18.9. The van der Waals surface area contributed by atoms with E-state index in [4.69, 9.17) is 16.3 Å². The van der Waals surface area contributed by atoms with Crippen molar-refractivity contribution in [2.75, 3.05) is 13.2 Å². The molecule has 1 N–H and O–H groups in total. The molecule has 0 unspecified atom stereocenters. The van der Waals surface area contributed by atoms with Crippen molar-refractivity contribution < 1.29 is 9.53 Å². The molecule has 7 heteroatoms. The second kappa shape index (κ2) is 10.0. The first-order valence-corrected chi connectivity index (χ1v) is 9.97. The molecular formula is C20H20ClN3O2S. The highest BCUT2D eigenvalue weighted by atomic mass is 35.5. The first kappa shape index (κ1) is 19.3. The van der Waals surface area contributed by atoms with Crippen LogP contribution in [0.15, 0.2) is 54.2 Å². The molecule has 3 rings (SSSR count). The lowest BCUT2D eigenvalue weighted by molar-refractivity contribution is -0.121. The van der Waals surface area contributed by atoms with E-state index in [9.17, 15) is 4.79 Å². The summed E-state index contributed by atoms with van der Waals surface area (Å²) >= 11 is 7.65. The van der Waals surface area contributed by atoms with Gasteiger partial charge < -0.3 is 10.1 Å². The molecule has 1 amide bonds. The Morgan fingerprint density at radius 2 is 2.00 bits per heavy atom. The van der Waals surface area contributed by atoms with Crippen LogP contribution in [0.3, 0.4) is 0 Å². The topological polar surface area (TPSA) is 64.1 Å². The van der Waals surface area contributed by atoms with E-state index >= 15 is 0 Å². The molecule has 0 saturated heterocycles. The largest absolute Gasteiger partial charge is 0.491 e. The van der Waals surface area contributed by atoms with Gasteiger partial charge in [-0.15, -0.1) is 11.3 Å². The minimum Gasteiger partial charge on any atom is -0.491 e. The summed E-state index contributed by atoms with van der Waals surface area (Å²) in [7, 11) is 0. The number of para-hydroxylation sites is 1. The third-order valence-electron chi connectivity index (χ3n) is 3.84. The van der Waals surface area contributed by atoms with Gasteiger partial charge in [0.1, 0.15) is 5.75 Å². The van der Waals surface area contributed by atoms with Crippen molar-refractivity contribution in [1.82, 2.24) is 15.3 Å². The monoisotopic (exact) mass is 401 g/mol. The summed E-state index contributed by atoms with van der Waals surface area (Å²) in [4.78, 5) is 20.5. The van der Waals surface area contributed by atoms with Gasteiger partial charge >= 0.3 is 0 Å². The van der Waals surface area contributed by atoms with Gasteiger partial charge in [-0.1, -0.05) is 23.7 Å². The summed E-state index contributed by atoms with van der Waals surface area (Å²) in [5, 5.41) is 6.58. The Balaban J connectivity index is 1.32. The van der Waals surface area contributed by atoms with E-state index in [0.29, 0.717) is 30.3 Å². The van der Waals surface area contributed by atoms with Gasteiger partial charge in [0.25, 0.3) is 0 Å². The number of pyridine rings is 1. The van der Waals surface area contributed by atoms with Crippen LogP contribution >= 0.6 is 22.9 Å². The average molecular weight is 402 g/mol. The number of aromatic nitrogens is 2. The molecule has 0 spiro atoms. The van der Waals surface area contributed by atoms with Gasteiger partial charge in [-0.3, -0.25) is 9.78 Å². The number of rotatable bonds is 9. The number of aryl methyl sites for hydroxylation is 1. The number of halogens is 1. The molecule has 0 bridgehead atoms. The Hall–Kier alpha value is -2.44. The summed E-state index contributed by atoms with van der Waals surface area (Å²) in [6.07, 6.45) is 5.51. The molecule has 0 atom stereocenters. The van der Waals surface area contributed by atoms with Crippen LogP contribution in [-0.2, 0) is 11.2 Å². The maximum Gasteiger partial charge on any atom is 0.223 e. The fourth-order valence-corrected chi connectivity index (χ4v) is 3.49. The van der Waals surface area contributed by atoms with Gasteiger partial charge in [0, 0.05) is 36.3 Å². The second-order valence-corrected chi connectivity index (χ2v) is 7.19. The van der Waals surface area contributed by atoms with Gasteiger partial charge in [-0.05, 0) is 30.7 Å². The molecule has 1 aromatic carbocycles. The minimum absolute atomic E-state index is 0.0290. The zero-order valence-electron chi connectivity index (χ0n) is 14.7. The lowest BCUT2D eigenvalue weighted by Gasteiger charge is -2.08. The van der Waals surface area contributed by atoms with Crippen LogP contribution in [-0.4, -0.2) is 29.0 Å². The van der Waals surface area contributed by atoms with E-state index < -0.39 is 0 Å². The summed E-state index contributed by atoms with van der Waals surface area (Å²) in [6.45, 7) is 0.923. The van der Waals surface area contributed by atoms with Gasteiger partial charge in [-0.25, -0.2) is 4.98 Å². The van der Waals surface area contributed by atoms with Gasteiger partial charge in [-0.2, -0.15) is 0 Å². The van der Waals surface area contributed by atoms with Crippen molar-refractivity contribution in [2.45, 2.75) is 19.3 Å². The van der Waals surface area contributed by atoms with Crippen molar-refractivity contribution in [2.24, 2.45) is 0 Å². The molecule has 2 heterocycles. The fraction of sp³-hybridized carbons (Fsp3) is 0.250. The van der Waals surface area contributed by atoms with Crippen LogP contribution in [0.2, 0.25) is 5.02 Å². The van der Waals surface area contributed by atoms with Gasteiger partial charge in [0.2, 0.25) is 5.91 Å². The summed E-state index contributed by atoms with van der Waals surface area (Å²) in [5.74, 6) is 0.569. The van der Waals surface area contributed by atoms with Crippen LogP contribution < -0.4 is 10.1 Å². The van der Waals surface area contributed by atoms with Crippen molar-refractivity contribution in [3.05, 3.63) is 64.2 Å². The molecule has 0 saturated carbocycles. The molecule has 27 heavy (non-hydrogen) atoms. The smallest absolute Gasteiger partial charge is 0.223 e. The third-order valence-corrected chi connectivity index (χ3v) is 5.06. The second-order valence-electron chi connectivity index (χ2n) is 5.84. The Bertz CT molecular complexity index is 870. The lowest BCUT2D eigenvalue weighted by atomic mass is 10.2. The van der Waals surface area contributed by atoms with Crippen LogP contribution in [0.5, 0.6) is 5.75 Å². The van der Waals surface area contributed by atoms with Crippen molar-refractivity contribution in [3.63, 3.8) is 0 Å². The molecule has 5 nitrogen and oxygen atoms in total. The SMILES string of the molecule is O=C(CCOc1ccccc1Cl)NCCCc1nc(-c2ccncc2)cs1. The Morgan fingerprint density at radius 1 is 1.19 bits per heavy atom. The van der Waals surface area contributed by atoms with E-state index in [1.54, 1.807) is 35.9 Å². The molecule has 140 valence electrons. The van der Waals surface area contributed by atoms with E-state index in [0.717, 1.165) is 29.1 Å². The van der Waals surface area contributed by atoms with Crippen LogP contribution in [0.25, 0.3) is 11.3 Å². The van der Waals surface area contributed by atoms with Crippen molar-refractivity contribution >= 4 is 28.8 Å². The number of amides is 1. The third kappa shape index (κ3) is 6.05. The quantitative estimate of drug-likeness (QED) is 0.540. The normalized spacial score (nSPS) is 10.6. The molecular weight excluding hydrogens is 382 g/mol. The first-order chi connectivity index (χ1) is 13.2. The molecule has 3 aromatic rings. The number of carbonyl (C=O) groups is 1. The maximum absolute atomic E-state index is 11.9. The molecule has 2 aromatic heterocycles. The van der Waals surface area contributed by atoms with E-state index in [1.807, 2.05) is 24.3 Å². The molecule has 0 radical (unpaired) electrons. The number of nitrogens with one attached hydrogen (secondary N) is 1. The average Bonchev–Trinajstić information content (AvgIpc) is 3.16. The van der Waals surface area contributed by atoms with E-state index in [-0.39, 0.29) is 5.91 Å². The van der Waals surface area contributed by atoms with Crippen molar-refractivity contribution in [3.8, 4) is 17.0 Å². The van der Waals surface area contributed by atoms with Crippen LogP contribution in [0.4, 0.5) is 0 Å². The molecule has 0 aliphatic carbocycles. The first-order valence-electron chi connectivity index (χ1n) is 8.71. The standard InChI is InChI=1S/C20H20ClN3O2S/c21-16-4-1-2-5-18(16)26-13-9-19(25)23-10-3-6-20-24-17(14-27-20)15-7-11-22-12-8-15/h1-2,4-5,7-8,11-12,14H,3,6,9-10,13H2,(H,23,25). The molecule has 0 fully saturated rings. The van der Waals surface area contributed by atoms with Crippen LogP contribution in [0, 0.1) is 0 Å². The number of benzene rings is 1. The predicted molar refractivity (Wildman–Crippen MR) is 108 cm³/mol. The molecule has 0 aliphatic heterocycles. The zero-order valence-corrected chi connectivity index (χ0v) is 16.3. The Morgan fingerprint density at radius 3 is 2.81 bits per heavy atom. The number of nitrogens with zero attached hydrogens (tertiary/aromatic N) is 2. The van der Waals surface area contributed by atoms with Crippen LogP contribution in [0.1, 0.15) is 17.8 Å². The van der Waals surface area contributed by atoms with Crippen molar-refractivity contribution in [1.29, 1.82) is 0 Å². The highest BCUT2D eigenvalue weighted by Crippen LogP contribution is 2.23. The Labute approximate surface area is 167 Å². The fourth-order valence-electron chi connectivity index (χ4n) is 2.45. The van der Waals surface area contributed by atoms with Gasteiger partial charge in [0.05, 0.1) is 28.8 Å². The summed E-state index contributed by atoms with van der Waals surface area (Å²) < 4.78 is 5.52. The summed E-state index contributed by atoms with van der Waals surface area (Å²) in [5.41, 5.74) is 2.04. The highest BCUT2D eigenvalue weighted by molar-refractivity contribution is 7.09.